The molecule has 0 radical (unpaired) electrons. The van der Waals surface area contributed by atoms with Crippen molar-refractivity contribution < 1.29 is 14.7 Å². The summed E-state index contributed by atoms with van der Waals surface area (Å²) in [7, 11) is 0. The van der Waals surface area contributed by atoms with Crippen LogP contribution >= 0.6 is 15.9 Å². The molecule has 2 atom stereocenters. The summed E-state index contributed by atoms with van der Waals surface area (Å²) >= 11 is 3.32. The van der Waals surface area contributed by atoms with Gasteiger partial charge < -0.3 is 5.11 Å². The Morgan fingerprint density at radius 1 is 1.06 bits per heavy atom. The topological polar surface area (TPSA) is 54.4 Å². The standard InChI is InChI=1S/C14H15BrO3/c15-10-7-5-9(6-8-10)13(16)11-3-1-2-4-12(11)14(17)18/h5-8,11-12H,1-4H2,(H,17,18)/t11-,12+/m0/s1. The first kappa shape index (κ1) is 13.3. The van der Waals surface area contributed by atoms with Gasteiger partial charge in [0.15, 0.2) is 5.78 Å². The van der Waals surface area contributed by atoms with Gasteiger partial charge in [0, 0.05) is 16.0 Å². The second-order valence-corrected chi connectivity index (χ2v) is 5.62. The van der Waals surface area contributed by atoms with Gasteiger partial charge in [-0.3, -0.25) is 9.59 Å². The van der Waals surface area contributed by atoms with Crippen LogP contribution < -0.4 is 0 Å². The van der Waals surface area contributed by atoms with Gasteiger partial charge in [0.2, 0.25) is 0 Å². The van der Waals surface area contributed by atoms with Crippen molar-refractivity contribution in [2.75, 3.05) is 0 Å². The number of carbonyl (C=O) groups is 2. The molecule has 4 heteroatoms. The van der Waals surface area contributed by atoms with Crippen LogP contribution in [0.25, 0.3) is 0 Å². The highest BCUT2D eigenvalue weighted by Crippen LogP contribution is 2.33. The van der Waals surface area contributed by atoms with Gasteiger partial charge in [0.05, 0.1) is 5.92 Å². The molecule has 1 saturated carbocycles. The Balaban J connectivity index is 2.20. The molecule has 0 amide bonds. The molecule has 0 spiro atoms. The zero-order valence-corrected chi connectivity index (χ0v) is 11.5. The maximum atomic E-state index is 12.3. The molecule has 96 valence electrons. The van der Waals surface area contributed by atoms with E-state index in [0.717, 1.165) is 17.3 Å². The highest BCUT2D eigenvalue weighted by Gasteiger charge is 2.35. The van der Waals surface area contributed by atoms with Crippen LogP contribution in [0.3, 0.4) is 0 Å². The van der Waals surface area contributed by atoms with Gasteiger partial charge >= 0.3 is 5.97 Å². The zero-order chi connectivity index (χ0) is 13.1. The molecule has 2 rings (SSSR count). The van der Waals surface area contributed by atoms with Crippen molar-refractivity contribution >= 4 is 27.7 Å². The molecule has 0 unspecified atom stereocenters. The number of halogens is 1. The molecule has 0 bridgehead atoms. The van der Waals surface area contributed by atoms with Crippen molar-refractivity contribution in [2.24, 2.45) is 11.8 Å². The lowest BCUT2D eigenvalue weighted by Gasteiger charge is -2.27. The number of Topliss-reactive ketones (excluding diaryl/α,β-unsaturated/α-hetero) is 1. The molecule has 18 heavy (non-hydrogen) atoms. The van der Waals surface area contributed by atoms with Crippen LogP contribution in [0, 0.1) is 11.8 Å². The fraction of sp³-hybridized carbons (Fsp3) is 0.429. The summed E-state index contributed by atoms with van der Waals surface area (Å²) in [6, 6.07) is 7.12. The Morgan fingerprint density at radius 2 is 1.61 bits per heavy atom. The summed E-state index contributed by atoms with van der Waals surface area (Å²) < 4.78 is 0.914. The first-order valence-electron chi connectivity index (χ1n) is 6.12. The van der Waals surface area contributed by atoms with Crippen LogP contribution in [0.1, 0.15) is 36.0 Å². The number of hydrogen-bond donors (Lipinski definition) is 1. The van der Waals surface area contributed by atoms with Gasteiger partial charge in [-0.15, -0.1) is 0 Å². The minimum Gasteiger partial charge on any atom is -0.481 e. The summed E-state index contributed by atoms with van der Waals surface area (Å²) in [5, 5.41) is 9.19. The van der Waals surface area contributed by atoms with E-state index in [4.69, 9.17) is 0 Å². The molecule has 0 saturated heterocycles. The van der Waals surface area contributed by atoms with E-state index in [9.17, 15) is 14.7 Å². The van der Waals surface area contributed by atoms with Gasteiger partial charge in [-0.25, -0.2) is 0 Å². The molecule has 1 aromatic carbocycles. The van der Waals surface area contributed by atoms with E-state index in [2.05, 4.69) is 15.9 Å². The van der Waals surface area contributed by atoms with Gasteiger partial charge in [-0.05, 0) is 25.0 Å². The van der Waals surface area contributed by atoms with Gasteiger partial charge in [0.1, 0.15) is 0 Å². The normalized spacial score (nSPS) is 23.6. The molecule has 3 nitrogen and oxygen atoms in total. The number of benzene rings is 1. The summed E-state index contributed by atoms with van der Waals surface area (Å²) in [5.74, 6) is -1.76. The lowest BCUT2D eigenvalue weighted by atomic mass is 9.75. The van der Waals surface area contributed by atoms with Crippen LogP contribution in [-0.4, -0.2) is 16.9 Å². The number of carboxylic acids is 1. The lowest BCUT2D eigenvalue weighted by molar-refractivity contribution is -0.144. The number of carbonyl (C=O) groups excluding carboxylic acids is 1. The van der Waals surface area contributed by atoms with Crippen LogP contribution in [-0.2, 0) is 4.79 Å². The van der Waals surface area contributed by atoms with E-state index in [-0.39, 0.29) is 11.7 Å². The Morgan fingerprint density at radius 3 is 2.17 bits per heavy atom. The molecule has 1 aliphatic carbocycles. The van der Waals surface area contributed by atoms with E-state index in [1.165, 1.54) is 0 Å². The number of aliphatic carboxylic acids is 1. The van der Waals surface area contributed by atoms with E-state index in [1.54, 1.807) is 12.1 Å². The fourth-order valence-electron chi connectivity index (χ4n) is 2.57. The Kier molecular flexibility index (Phi) is 4.17. The zero-order valence-electron chi connectivity index (χ0n) is 9.93. The minimum atomic E-state index is -0.842. The second kappa shape index (κ2) is 5.65. The quantitative estimate of drug-likeness (QED) is 0.869. The maximum absolute atomic E-state index is 12.3. The molecule has 1 aromatic rings. The van der Waals surface area contributed by atoms with Crippen LogP contribution in [0.2, 0.25) is 0 Å². The summed E-state index contributed by atoms with van der Waals surface area (Å²) in [6.45, 7) is 0. The Hall–Kier alpha value is -1.16. The van der Waals surface area contributed by atoms with Gasteiger partial charge in [-0.1, -0.05) is 40.9 Å². The third-order valence-electron chi connectivity index (χ3n) is 3.55. The molecule has 1 N–H and O–H groups in total. The second-order valence-electron chi connectivity index (χ2n) is 4.71. The minimum absolute atomic E-state index is 0.0328. The van der Waals surface area contributed by atoms with Gasteiger partial charge in [-0.2, -0.15) is 0 Å². The van der Waals surface area contributed by atoms with Crippen molar-refractivity contribution in [1.82, 2.24) is 0 Å². The smallest absolute Gasteiger partial charge is 0.307 e. The lowest BCUT2D eigenvalue weighted by Crippen LogP contribution is -2.32. The average Bonchev–Trinajstić information content (AvgIpc) is 2.39. The van der Waals surface area contributed by atoms with E-state index in [0.29, 0.717) is 18.4 Å². The van der Waals surface area contributed by atoms with Crippen molar-refractivity contribution in [1.29, 1.82) is 0 Å². The van der Waals surface area contributed by atoms with E-state index < -0.39 is 11.9 Å². The predicted octanol–water partition coefficient (Wildman–Crippen LogP) is 3.52. The van der Waals surface area contributed by atoms with Crippen LogP contribution in [0.4, 0.5) is 0 Å². The average molecular weight is 311 g/mol. The molecule has 1 fully saturated rings. The first-order chi connectivity index (χ1) is 8.59. The van der Waals surface area contributed by atoms with E-state index in [1.807, 2.05) is 12.1 Å². The van der Waals surface area contributed by atoms with Crippen LogP contribution in [0.15, 0.2) is 28.7 Å². The summed E-state index contributed by atoms with van der Waals surface area (Å²) in [4.78, 5) is 23.5. The molecule has 1 aliphatic rings. The van der Waals surface area contributed by atoms with Crippen molar-refractivity contribution in [3.05, 3.63) is 34.3 Å². The number of ketones is 1. The summed E-state index contributed by atoms with van der Waals surface area (Å²) in [5.41, 5.74) is 0.608. The molecule has 0 aromatic heterocycles. The Labute approximate surface area is 114 Å². The number of carboxylic acid groups (broad SMARTS) is 1. The summed E-state index contributed by atoms with van der Waals surface area (Å²) in [6.07, 6.45) is 3.14. The first-order valence-corrected chi connectivity index (χ1v) is 6.91. The largest absolute Gasteiger partial charge is 0.481 e. The molecule has 0 heterocycles. The third-order valence-corrected chi connectivity index (χ3v) is 4.08. The number of hydrogen-bond acceptors (Lipinski definition) is 2. The third kappa shape index (κ3) is 2.80. The fourth-order valence-corrected chi connectivity index (χ4v) is 2.83. The monoisotopic (exact) mass is 310 g/mol. The highest BCUT2D eigenvalue weighted by molar-refractivity contribution is 9.10. The predicted molar refractivity (Wildman–Crippen MR) is 71.6 cm³/mol. The van der Waals surface area contributed by atoms with Gasteiger partial charge in [0.25, 0.3) is 0 Å². The molecular formula is C14H15BrO3. The maximum Gasteiger partial charge on any atom is 0.307 e. The molecule has 0 aliphatic heterocycles. The molecular weight excluding hydrogens is 296 g/mol. The van der Waals surface area contributed by atoms with Crippen molar-refractivity contribution in [3.8, 4) is 0 Å². The highest BCUT2D eigenvalue weighted by atomic mass is 79.9. The van der Waals surface area contributed by atoms with Crippen molar-refractivity contribution in [2.45, 2.75) is 25.7 Å². The SMILES string of the molecule is O=C(c1ccc(Br)cc1)[C@H]1CCCC[C@H]1C(=O)O. The van der Waals surface area contributed by atoms with Crippen molar-refractivity contribution in [3.63, 3.8) is 0 Å². The van der Waals surface area contributed by atoms with Crippen LogP contribution in [0.5, 0.6) is 0 Å². The number of rotatable bonds is 3. The van der Waals surface area contributed by atoms with E-state index >= 15 is 0 Å². The Bertz CT molecular complexity index is 453.